The number of unbranched alkanes of at least 4 members (excludes halogenated alkanes) is 1. The highest BCUT2D eigenvalue weighted by atomic mass is 16.5. The molecule has 0 bridgehead atoms. The first-order valence-electron chi connectivity index (χ1n) is 6.84. The highest BCUT2D eigenvalue weighted by Gasteiger charge is 2.08. The van der Waals surface area contributed by atoms with Gasteiger partial charge in [-0.05, 0) is 26.2 Å². The Bertz CT molecular complexity index is 307. The lowest BCUT2D eigenvalue weighted by Gasteiger charge is -2.14. The standard InChI is InChI=1S/C14H26N2O/c1-5-7-8-13(6-2)11-17-14-9-15-16(10-14)12(3)4/h9-10,12-13H,5-8,11H2,1-4H3. The van der Waals surface area contributed by atoms with Gasteiger partial charge in [0.1, 0.15) is 0 Å². The maximum absolute atomic E-state index is 5.80. The molecule has 3 nitrogen and oxygen atoms in total. The number of nitrogens with zero attached hydrogens (tertiary/aromatic N) is 2. The van der Waals surface area contributed by atoms with Crippen LogP contribution >= 0.6 is 0 Å². The molecule has 3 heteroatoms. The van der Waals surface area contributed by atoms with Gasteiger partial charge in [-0.2, -0.15) is 5.10 Å². The Morgan fingerprint density at radius 2 is 2.12 bits per heavy atom. The van der Waals surface area contributed by atoms with Crippen LogP contribution < -0.4 is 4.74 Å². The summed E-state index contributed by atoms with van der Waals surface area (Å²) in [5, 5.41) is 4.27. The summed E-state index contributed by atoms with van der Waals surface area (Å²) in [6.45, 7) is 9.53. The number of rotatable bonds is 8. The predicted octanol–water partition coefficient (Wildman–Crippen LogP) is 4.06. The summed E-state index contributed by atoms with van der Waals surface area (Å²) in [5.41, 5.74) is 0. The van der Waals surface area contributed by atoms with Gasteiger partial charge in [-0.15, -0.1) is 0 Å². The first-order chi connectivity index (χ1) is 8.17. The quantitative estimate of drug-likeness (QED) is 0.683. The summed E-state index contributed by atoms with van der Waals surface area (Å²) in [4.78, 5) is 0. The topological polar surface area (TPSA) is 27.1 Å². The average molecular weight is 238 g/mol. The van der Waals surface area contributed by atoms with Crippen LogP contribution in [0.3, 0.4) is 0 Å². The second-order valence-electron chi connectivity index (χ2n) is 4.98. The maximum atomic E-state index is 5.80. The summed E-state index contributed by atoms with van der Waals surface area (Å²) in [6, 6.07) is 0.398. The van der Waals surface area contributed by atoms with E-state index in [0.717, 1.165) is 12.4 Å². The molecule has 1 heterocycles. The minimum atomic E-state index is 0.398. The molecule has 0 aliphatic rings. The maximum Gasteiger partial charge on any atom is 0.157 e. The van der Waals surface area contributed by atoms with Crippen LogP contribution in [-0.4, -0.2) is 16.4 Å². The van der Waals surface area contributed by atoms with E-state index in [1.54, 1.807) is 0 Å². The van der Waals surface area contributed by atoms with Crippen molar-refractivity contribution in [2.24, 2.45) is 5.92 Å². The minimum absolute atomic E-state index is 0.398. The minimum Gasteiger partial charge on any atom is -0.490 e. The molecule has 1 aromatic heterocycles. The molecule has 0 fully saturated rings. The van der Waals surface area contributed by atoms with Crippen LogP contribution in [0.25, 0.3) is 0 Å². The van der Waals surface area contributed by atoms with E-state index in [9.17, 15) is 0 Å². The summed E-state index contributed by atoms with van der Waals surface area (Å²) in [6.07, 6.45) is 8.82. The molecule has 0 aliphatic heterocycles. The average Bonchev–Trinajstić information content (AvgIpc) is 2.78. The second kappa shape index (κ2) is 7.36. The van der Waals surface area contributed by atoms with Gasteiger partial charge in [0.25, 0.3) is 0 Å². The van der Waals surface area contributed by atoms with E-state index >= 15 is 0 Å². The number of hydrogen-bond acceptors (Lipinski definition) is 2. The number of aromatic nitrogens is 2. The van der Waals surface area contributed by atoms with E-state index < -0.39 is 0 Å². The largest absolute Gasteiger partial charge is 0.490 e. The van der Waals surface area contributed by atoms with Crippen LogP contribution in [0.1, 0.15) is 59.4 Å². The molecule has 0 radical (unpaired) electrons. The van der Waals surface area contributed by atoms with E-state index in [0.29, 0.717) is 12.0 Å². The Hall–Kier alpha value is -0.990. The van der Waals surface area contributed by atoms with Gasteiger partial charge in [-0.3, -0.25) is 4.68 Å². The van der Waals surface area contributed by atoms with Gasteiger partial charge in [0.05, 0.1) is 19.0 Å². The van der Waals surface area contributed by atoms with Crippen LogP contribution in [0.4, 0.5) is 0 Å². The van der Waals surface area contributed by atoms with E-state index in [1.165, 1.54) is 25.7 Å². The van der Waals surface area contributed by atoms with Crippen LogP contribution in [-0.2, 0) is 0 Å². The Kier molecular flexibility index (Phi) is 6.09. The van der Waals surface area contributed by atoms with Gasteiger partial charge in [0.2, 0.25) is 0 Å². The SMILES string of the molecule is CCCCC(CC)COc1cnn(C(C)C)c1. The molecule has 1 unspecified atom stereocenters. The molecule has 0 aliphatic carbocycles. The molecule has 17 heavy (non-hydrogen) atoms. The lowest BCUT2D eigenvalue weighted by molar-refractivity contribution is 0.233. The van der Waals surface area contributed by atoms with Crippen molar-refractivity contribution in [3.63, 3.8) is 0 Å². The van der Waals surface area contributed by atoms with Gasteiger partial charge < -0.3 is 4.74 Å². The van der Waals surface area contributed by atoms with Gasteiger partial charge in [0, 0.05) is 6.04 Å². The lowest BCUT2D eigenvalue weighted by atomic mass is 10.0. The Labute approximate surface area is 105 Å². The molecular formula is C14H26N2O. The fraction of sp³-hybridized carbons (Fsp3) is 0.786. The summed E-state index contributed by atoms with van der Waals surface area (Å²) >= 11 is 0. The van der Waals surface area contributed by atoms with Crippen molar-refractivity contribution in [2.75, 3.05) is 6.61 Å². The van der Waals surface area contributed by atoms with Crippen LogP contribution in [0, 0.1) is 5.92 Å². The highest BCUT2D eigenvalue weighted by molar-refractivity contribution is 5.11. The van der Waals surface area contributed by atoms with Crippen molar-refractivity contribution >= 4 is 0 Å². The molecule has 0 spiro atoms. The van der Waals surface area contributed by atoms with Crippen molar-refractivity contribution in [2.45, 2.75) is 59.4 Å². The smallest absolute Gasteiger partial charge is 0.157 e. The second-order valence-corrected chi connectivity index (χ2v) is 4.98. The van der Waals surface area contributed by atoms with Crippen LogP contribution in [0.5, 0.6) is 5.75 Å². The normalized spacial score (nSPS) is 13.0. The summed E-state index contributed by atoms with van der Waals surface area (Å²) in [5.74, 6) is 1.57. The Morgan fingerprint density at radius 3 is 2.65 bits per heavy atom. The zero-order valence-corrected chi connectivity index (χ0v) is 11.6. The fourth-order valence-corrected chi connectivity index (χ4v) is 1.79. The number of hydrogen-bond donors (Lipinski definition) is 0. The van der Waals surface area contributed by atoms with E-state index in [1.807, 2.05) is 17.1 Å². The third-order valence-electron chi connectivity index (χ3n) is 3.14. The molecule has 1 rings (SSSR count). The van der Waals surface area contributed by atoms with Gasteiger partial charge >= 0.3 is 0 Å². The van der Waals surface area contributed by atoms with Crippen molar-refractivity contribution in [1.82, 2.24) is 9.78 Å². The van der Waals surface area contributed by atoms with Crippen LogP contribution in [0.2, 0.25) is 0 Å². The lowest BCUT2D eigenvalue weighted by Crippen LogP contribution is -2.11. The third kappa shape index (κ3) is 4.80. The molecule has 0 aromatic carbocycles. The van der Waals surface area contributed by atoms with Crippen molar-refractivity contribution in [3.05, 3.63) is 12.4 Å². The Morgan fingerprint density at radius 1 is 1.35 bits per heavy atom. The van der Waals surface area contributed by atoms with Crippen molar-refractivity contribution in [3.8, 4) is 5.75 Å². The monoisotopic (exact) mass is 238 g/mol. The van der Waals surface area contributed by atoms with Crippen molar-refractivity contribution in [1.29, 1.82) is 0 Å². The molecule has 1 atom stereocenters. The van der Waals surface area contributed by atoms with Crippen molar-refractivity contribution < 1.29 is 4.74 Å². The number of ether oxygens (including phenoxy) is 1. The molecule has 0 N–H and O–H groups in total. The zero-order valence-electron chi connectivity index (χ0n) is 11.6. The predicted molar refractivity (Wildman–Crippen MR) is 71.4 cm³/mol. The highest BCUT2D eigenvalue weighted by Crippen LogP contribution is 2.17. The first-order valence-corrected chi connectivity index (χ1v) is 6.84. The van der Waals surface area contributed by atoms with Gasteiger partial charge in [-0.25, -0.2) is 0 Å². The zero-order chi connectivity index (χ0) is 12.7. The Balaban J connectivity index is 2.37. The van der Waals surface area contributed by atoms with E-state index in [-0.39, 0.29) is 0 Å². The van der Waals surface area contributed by atoms with Gasteiger partial charge in [-0.1, -0.05) is 33.1 Å². The van der Waals surface area contributed by atoms with E-state index in [4.69, 9.17) is 4.74 Å². The third-order valence-corrected chi connectivity index (χ3v) is 3.14. The first kappa shape index (κ1) is 14.1. The molecule has 0 saturated carbocycles. The molecule has 0 amide bonds. The fourth-order valence-electron chi connectivity index (χ4n) is 1.79. The van der Waals surface area contributed by atoms with Crippen LogP contribution in [0.15, 0.2) is 12.4 Å². The molecular weight excluding hydrogens is 212 g/mol. The molecule has 98 valence electrons. The summed E-state index contributed by atoms with van der Waals surface area (Å²) in [7, 11) is 0. The molecule has 0 saturated heterocycles. The van der Waals surface area contributed by atoms with E-state index in [2.05, 4.69) is 32.8 Å². The molecule has 1 aromatic rings. The van der Waals surface area contributed by atoms with Gasteiger partial charge in [0.15, 0.2) is 5.75 Å². The summed E-state index contributed by atoms with van der Waals surface area (Å²) < 4.78 is 7.74.